The molecule has 0 spiro atoms. The number of benzene rings is 3. The maximum absolute atomic E-state index is 12.9. The Balaban J connectivity index is 1.29. The summed E-state index contributed by atoms with van der Waals surface area (Å²) in [7, 11) is -3.60. The molecule has 33 heavy (non-hydrogen) atoms. The summed E-state index contributed by atoms with van der Waals surface area (Å²) in [5, 5.41) is 0.593. The van der Waals surface area contributed by atoms with Crippen LogP contribution < -0.4 is 9.62 Å². The van der Waals surface area contributed by atoms with E-state index >= 15 is 0 Å². The Morgan fingerprint density at radius 3 is 2.42 bits per heavy atom. The maximum atomic E-state index is 12.9. The van der Waals surface area contributed by atoms with Gasteiger partial charge < -0.3 is 4.90 Å². The molecule has 0 unspecified atom stereocenters. The van der Waals surface area contributed by atoms with Crippen LogP contribution in [0, 0.1) is 0 Å². The standard InChI is InChI=1S/C26H25ClN2O3S/c27-23-9-6-20(7-10-23)26(30)29-14-13-22-15-18(5-12-25(22)29)17-28-33(31,32)24-11-8-19-3-1-2-4-21(19)16-24/h5-12,15-16,28H,1-4,13-14,17H2. The molecule has 3 aromatic rings. The van der Waals surface area contributed by atoms with Crippen molar-refractivity contribution in [3.05, 3.63) is 93.5 Å². The highest BCUT2D eigenvalue weighted by molar-refractivity contribution is 7.89. The predicted octanol–water partition coefficient (Wildman–Crippen LogP) is 4.90. The van der Waals surface area contributed by atoms with Gasteiger partial charge >= 0.3 is 0 Å². The van der Waals surface area contributed by atoms with Gasteiger partial charge in [0.05, 0.1) is 4.90 Å². The summed E-state index contributed by atoms with van der Waals surface area (Å²) in [6.45, 7) is 0.804. The molecule has 2 aliphatic rings. The smallest absolute Gasteiger partial charge is 0.258 e. The van der Waals surface area contributed by atoms with Crippen LogP contribution in [0.5, 0.6) is 0 Å². The van der Waals surface area contributed by atoms with Gasteiger partial charge in [-0.3, -0.25) is 4.79 Å². The average Bonchev–Trinajstić information content (AvgIpc) is 3.26. The predicted molar refractivity (Wildman–Crippen MR) is 130 cm³/mol. The Labute approximate surface area is 199 Å². The van der Waals surface area contributed by atoms with Crippen LogP contribution in [0.4, 0.5) is 5.69 Å². The van der Waals surface area contributed by atoms with Crippen LogP contribution in [0.2, 0.25) is 5.02 Å². The molecule has 0 bridgehead atoms. The van der Waals surface area contributed by atoms with Crippen molar-refractivity contribution in [1.29, 1.82) is 0 Å². The summed E-state index contributed by atoms with van der Waals surface area (Å²) in [6, 6.07) is 18.1. The minimum absolute atomic E-state index is 0.0636. The number of hydrogen-bond acceptors (Lipinski definition) is 3. The first-order chi connectivity index (χ1) is 15.9. The van der Waals surface area contributed by atoms with Gasteiger partial charge in [-0.15, -0.1) is 0 Å². The van der Waals surface area contributed by atoms with Gasteiger partial charge in [-0.05, 0) is 96.8 Å². The number of aryl methyl sites for hydroxylation is 2. The number of carbonyl (C=O) groups is 1. The molecule has 0 radical (unpaired) electrons. The van der Waals surface area contributed by atoms with E-state index in [1.807, 2.05) is 30.3 Å². The minimum atomic E-state index is -3.60. The Bertz CT molecular complexity index is 1320. The molecule has 5 rings (SSSR count). The molecule has 0 atom stereocenters. The topological polar surface area (TPSA) is 66.5 Å². The zero-order chi connectivity index (χ0) is 23.0. The quantitative estimate of drug-likeness (QED) is 0.564. The van der Waals surface area contributed by atoms with Crippen LogP contribution in [0.3, 0.4) is 0 Å². The van der Waals surface area contributed by atoms with Gasteiger partial charge in [0.25, 0.3) is 5.91 Å². The SMILES string of the molecule is O=C(c1ccc(Cl)cc1)N1CCc2cc(CNS(=O)(=O)c3ccc4c(c3)CCCC4)ccc21. The molecular formula is C26H25ClN2O3S. The van der Waals surface area contributed by atoms with Gasteiger partial charge in [0, 0.05) is 29.4 Å². The van der Waals surface area contributed by atoms with E-state index in [1.165, 1.54) is 12.0 Å². The van der Waals surface area contributed by atoms with Crippen molar-refractivity contribution in [2.45, 2.75) is 43.5 Å². The summed E-state index contributed by atoms with van der Waals surface area (Å²) < 4.78 is 28.5. The first kappa shape index (κ1) is 22.1. The number of fused-ring (bicyclic) bond motifs is 2. The van der Waals surface area contributed by atoms with Crippen LogP contribution in [-0.4, -0.2) is 20.9 Å². The van der Waals surface area contributed by atoms with Crippen molar-refractivity contribution in [3.63, 3.8) is 0 Å². The van der Waals surface area contributed by atoms with E-state index in [-0.39, 0.29) is 12.5 Å². The minimum Gasteiger partial charge on any atom is -0.308 e. The molecule has 1 heterocycles. The molecule has 1 amide bonds. The molecule has 5 nitrogen and oxygen atoms in total. The number of anilines is 1. The molecule has 7 heteroatoms. The molecule has 1 N–H and O–H groups in total. The average molecular weight is 481 g/mol. The van der Waals surface area contributed by atoms with Crippen LogP contribution in [0.25, 0.3) is 0 Å². The fraction of sp³-hybridized carbons (Fsp3) is 0.269. The van der Waals surface area contributed by atoms with Gasteiger partial charge in [0.1, 0.15) is 0 Å². The third-order valence-corrected chi connectivity index (χ3v) is 8.12. The number of halogens is 1. The summed E-state index contributed by atoms with van der Waals surface area (Å²) in [5.74, 6) is -0.0636. The summed E-state index contributed by atoms with van der Waals surface area (Å²) in [6.07, 6.45) is 4.97. The van der Waals surface area contributed by atoms with Crippen molar-refractivity contribution in [3.8, 4) is 0 Å². The normalized spacial score (nSPS) is 15.2. The molecule has 170 valence electrons. The molecule has 3 aromatic carbocycles. The van der Waals surface area contributed by atoms with Crippen LogP contribution >= 0.6 is 11.6 Å². The van der Waals surface area contributed by atoms with Crippen molar-refractivity contribution in [2.24, 2.45) is 0 Å². The van der Waals surface area contributed by atoms with Gasteiger partial charge in [0.2, 0.25) is 10.0 Å². The third-order valence-electron chi connectivity index (χ3n) is 6.47. The Kier molecular flexibility index (Phi) is 5.99. The molecule has 1 aliphatic carbocycles. The largest absolute Gasteiger partial charge is 0.308 e. The number of nitrogens with one attached hydrogen (secondary N) is 1. The van der Waals surface area contributed by atoms with Crippen molar-refractivity contribution >= 4 is 33.2 Å². The van der Waals surface area contributed by atoms with E-state index in [0.29, 0.717) is 22.0 Å². The summed E-state index contributed by atoms with van der Waals surface area (Å²) in [5.41, 5.74) is 5.79. The van der Waals surface area contributed by atoms with E-state index in [0.717, 1.165) is 48.1 Å². The zero-order valence-corrected chi connectivity index (χ0v) is 19.8. The van der Waals surface area contributed by atoms with Gasteiger partial charge in [0.15, 0.2) is 0 Å². The van der Waals surface area contributed by atoms with Crippen molar-refractivity contribution < 1.29 is 13.2 Å². The maximum Gasteiger partial charge on any atom is 0.258 e. The van der Waals surface area contributed by atoms with Gasteiger partial charge in [-0.1, -0.05) is 29.8 Å². The summed E-state index contributed by atoms with van der Waals surface area (Å²) in [4.78, 5) is 15.0. The molecule has 0 aromatic heterocycles. The zero-order valence-electron chi connectivity index (χ0n) is 18.2. The van der Waals surface area contributed by atoms with Gasteiger partial charge in [-0.2, -0.15) is 0 Å². The second-order valence-corrected chi connectivity index (χ2v) is 10.8. The molecule has 1 aliphatic heterocycles. The monoisotopic (exact) mass is 480 g/mol. The Hall–Kier alpha value is -2.67. The number of sulfonamides is 1. The first-order valence-corrected chi connectivity index (χ1v) is 13.1. The third kappa shape index (κ3) is 4.56. The van der Waals surface area contributed by atoms with E-state index in [1.54, 1.807) is 35.2 Å². The number of amides is 1. The fourth-order valence-electron chi connectivity index (χ4n) is 4.66. The molecule has 0 fully saturated rings. The lowest BCUT2D eigenvalue weighted by Gasteiger charge is -2.18. The second-order valence-electron chi connectivity index (χ2n) is 8.64. The Morgan fingerprint density at radius 1 is 0.879 bits per heavy atom. The van der Waals surface area contributed by atoms with Crippen molar-refractivity contribution in [2.75, 3.05) is 11.4 Å². The number of carbonyl (C=O) groups excluding carboxylic acids is 1. The highest BCUT2D eigenvalue weighted by atomic mass is 35.5. The van der Waals surface area contributed by atoms with Crippen molar-refractivity contribution in [1.82, 2.24) is 4.72 Å². The van der Waals surface area contributed by atoms with E-state index in [2.05, 4.69) is 4.72 Å². The highest BCUT2D eigenvalue weighted by Crippen LogP contribution is 2.31. The molecular weight excluding hydrogens is 456 g/mol. The lowest BCUT2D eigenvalue weighted by Crippen LogP contribution is -2.28. The van der Waals surface area contributed by atoms with E-state index in [4.69, 9.17) is 11.6 Å². The van der Waals surface area contributed by atoms with Crippen LogP contribution in [0.1, 0.15) is 45.5 Å². The van der Waals surface area contributed by atoms with E-state index in [9.17, 15) is 13.2 Å². The first-order valence-electron chi connectivity index (χ1n) is 11.2. The number of hydrogen-bond donors (Lipinski definition) is 1. The summed E-state index contributed by atoms with van der Waals surface area (Å²) >= 11 is 5.93. The van der Waals surface area contributed by atoms with Crippen LogP contribution in [0.15, 0.2) is 65.6 Å². The van der Waals surface area contributed by atoms with Crippen LogP contribution in [-0.2, 0) is 35.8 Å². The fourth-order valence-corrected chi connectivity index (χ4v) is 5.86. The highest BCUT2D eigenvalue weighted by Gasteiger charge is 2.26. The number of nitrogens with zero attached hydrogens (tertiary/aromatic N) is 1. The van der Waals surface area contributed by atoms with E-state index < -0.39 is 10.0 Å². The van der Waals surface area contributed by atoms with Gasteiger partial charge in [-0.25, -0.2) is 13.1 Å². The number of rotatable bonds is 5. The Morgan fingerprint density at radius 2 is 1.64 bits per heavy atom. The lowest BCUT2D eigenvalue weighted by molar-refractivity contribution is 0.0989. The molecule has 0 saturated carbocycles. The molecule has 0 saturated heterocycles. The lowest BCUT2D eigenvalue weighted by atomic mass is 9.92. The second kappa shape index (κ2) is 8.93.